The lowest BCUT2D eigenvalue weighted by Crippen LogP contribution is -1.89. The van der Waals surface area contributed by atoms with Gasteiger partial charge in [0.05, 0.1) is 16.7 Å². The first-order valence-electron chi connectivity index (χ1n) is 6.72. The van der Waals surface area contributed by atoms with Crippen LogP contribution in [0.15, 0.2) is 71.3 Å². The van der Waals surface area contributed by atoms with Crippen molar-refractivity contribution >= 4 is 37.7 Å². The highest BCUT2D eigenvalue weighted by Gasteiger charge is 2.09. The molecule has 2 aromatic heterocycles. The van der Waals surface area contributed by atoms with E-state index in [1.807, 2.05) is 30.5 Å². The van der Waals surface area contributed by atoms with Crippen molar-refractivity contribution in [1.29, 1.82) is 0 Å². The summed E-state index contributed by atoms with van der Waals surface area (Å²) < 4.78 is 1.05. The van der Waals surface area contributed by atoms with E-state index in [1.54, 1.807) is 0 Å². The van der Waals surface area contributed by atoms with Crippen molar-refractivity contribution < 1.29 is 0 Å². The van der Waals surface area contributed by atoms with Crippen LogP contribution in [0, 0.1) is 0 Å². The van der Waals surface area contributed by atoms with Gasteiger partial charge in [-0.1, -0.05) is 52.3 Å². The predicted molar refractivity (Wildman–Crippen MR) is 90.2 cm³/mol. The molecular weight excluding hydrogens is 324 g/mol. The number of halogens is 1. The van der Waals surface area contributed by atoms with Gasteiger partial charge in [-0.3, -0.25) is 4.98 Å². The Bertz CT molecular complexity index is 949. The third-order valence-electron chi connectivity index (χ3n) is 3.57. The molecule has 0 aliphatic rings. The first-order chi connectivity index (χ1) is 10.3. The molecule has 100 valence electrons. The average Bonchev–Trinajstić information content (AvgIpc) is 2.55. The summed E-state index contributed by atoms with van der Waals surface area (Å²) in [7, 11) is 0. The number of hydrogen-bond acceptors (Lipinski definition) is 2. The number of pyridine rings is 2. The molecule has 0 fully saturated rings. The van der Waals surface area contributed by atoms with E-state index in [2.05, 4.69) is 57.3 Å². The first-order valence-corrected chi connectivity index (χ1v) is 7.52. The Hall–Kier alpha value is -2.26. The SMILES string of the molecule is Brc1cc2cccnc2c2nc(-c3ccccc3)ccc12. The van der Waals surface area contributed by atoms with Gasteiger partial charge in [-0.15, -0.1) is 0 Å². The van der Waals surface area contributed by atoms with Crippen LogP contribution in [0.4, 0.5) is 0 Å². The van der Waals surface area contributed by atoms with Crippen LogP contribution in [0.3, 0.4) is 0 Å². The maximum absolute atomic E-state index is 4.84. The van der Waals surface area contributed by atoms with Crippen LogP contribution < -0.4 is 0 Å². The molecule has 0 bridgehead atoms. The molecular formula is C18H11BrN2. The minimum Gasteiger partial charge on any atom is -0.254 e. The summed E-state index contributed by atoms with van der Waals surface area (Å²) in [5, 5.41) is 2.18. The van der Waals surface area contributed by atoms with Gasteiger partial charge < -0.3 is 0 Å². The number of fused-ring (bicyclic) bond motifs is 3. The summed E-state index contributed by atoms with van der Waals surface area (Å²) in [6.45, 7) is 0. The highest BCUT2D eigenvalue weighted by atomic mass is 79.9. The molecule has 2 nitrogen and oxygen atoms in total. The van der Waals surface area contributed by atoms with Crippen molar-refractivity contribution in [2.45, 2.75) is 0 Å². The molecule has 0 N–H and O–H groups in total. The van der Waals surface area contributed by atoms with Gasteiger partial charge in [0, 0.05) is 27.0 Å². The molecule has 3 heteroatoms. The summed E-state index contributed by atoms with van der Waals surface area (Å²) in [5.74, 6) is 0. The highest BCUT2D eigenvalue weighted by Crippen LogP contribution is 2.31. The molecule has 0 amide bonds. The minimum atomic E-state index is 0.932. The average molecular weight is 335 g/mol. The molecule has 21 heavy (non-hydrogen) atoms. The zero-order chi connectivity index (χ0) is 14.2. The van der Waals surface area contributed by atoms with Gasteiger partial charge in [0.15, 0.2) is 0 Å². The Kier molecular flexibility index (Phi) is 2.93. The second-order valence-electron chi connectivity index (χ2n) is 4.89. The Labute approximate surface area is 130 Å². The van der Waals surface area contributed by atoms with Gasteiger partial charge in [0.2, 0.25) is 0 Å². The van der Waals surface area contributed by atoms with Crippen LogP contribution in [0.1, 0.15) is 0 Å². The molecule has 0 saturated carbocycles. The zero-order valence-corrected chi connectivity index (χ0v) is 12.7. The van der Waals surface area contributed by atoms with E-state index in [0.717, 1.165) is 37.5 Å². The number of benzene rings is 2. The molecule has 4 aromatic rings. The molecule has 0 unspecified atom stereocenters. The van der Waals surface area contributed by atoms with E-state index >= 15 is 0 Å². The quantitative estimate of drug-likeness (QED) is 0.446. The maximum Gasteiger partial charge on any atom is 0.0983 e. The number of hydrogen-bond donors (Lipinski definition) is 0. The van der Waals surface area contributed by atoms with E-state index in [1.165, 1.54) is 0 Å². The lowest BCUT2D eigenvalue weighted by molar-refractivity contribution is 1.37. The van der Waals surface area contributed by atoms with E-state index in [4.69, 9.17) is 4.98 Å². The lowest BCUT2D eigenvalue weighted by atomic mass is 10.1. The molecule has 2 aromatic carbocycles. The summed E-state index contributed by atoms with van der Waals surface area (Å²) in [5.41, 5.74) is 3.95. The molecule has 0 spiro atoms. The minimum absolute atomic E-state index is 0.932. The largest absolute Gasteiger partial charge is 0.254 e. The lowest BCUT2D eigenvalue weighted by Gasteiger charge is -2.07. The summed E-state index contributed by atoms with van der Waals surface area (Å²) >= 11 is 3.63. The predicted octanol–water partition coefficient (Wildman–Crippen LogP) is 5.21. The Morgan fingerprint density at radius 3 is 2.52 bits per heavy atom. The number of rotatable bonds is 1. The molecule has 0 saturated heterocycles. The Morgan fingerprint density at radius 2 is 1.67 bits per heavy atom. The molecule has 0 aliphatic carbocycles. The van der Waals surface area contributed by atoms with Crippen LogP contribution in [-0.4, -0.2) is 9.97 Å². The van der Waals surface area contributed by atoms with Gasteiger partial charge in [0.25, 0.3) is 0 Å². The van der Waals surface area contributed by atoms with E-state index in [0.29, 0.717) is 0 Å². The van der Waals surface area contributed by atoms with Crippen LogP contribution in [0.5, 0.6) is 0 Å². The first kappa shape index (κ1) is 12.5. The Morgan fingerprint density at radius 1 is 0.810 bits per heavy atom. The van der Waals surface area contributed by atoms with Crippen LogP contribution in [-0.2, 0) is 0 Å². The fourth-order valence-electron chi connectivity index (χ4n) is 2.55. The zero-order valence-electron chi connectivity index (χ0n) is 11.1. The third kappa shape index (κ3) is 2.10. The summed E-state index contributed by atoms with van der Waals surface area (Å²) in [6, 6.07) is 20.5. The van der Waals surface area contributed by atoms with Crippen LogP contribution >= 0.6 is 15.9 Å². The Balaban J connectivity index is 2.08. The van der Waals surface area contributed by atoms with E-state index in [9.17, 15) is 0 Å². The highest BCUT2D eigenvalue weighted by molar-refractivity contribution is 9.10. The molecule has 4 rings (SSSR count). The monoisotopic (exact) mass is 334 g/mol. The molecule has 0 radical (unpaired) electrons. The van der Waals surface area contributed by atoms with Crippen molar-refractivity contribution in [1.82, 2.24) is 9.97 Å². The van der Waals surface area contributed by atoms with Crippen LogP contribution in [0.25, 0.3) is 33.1 Å². The third-order valence-corrected chi connectivity index (χ3v) is 4.22. The van der Waals surface area contributed by atoms with Crippen molar-refractivity contribution in [3.8, 4) is 11.3 Å². The van der Waals surface area contributed by atoms with Gasteiger partial charge in [-0.25, -0.2) is 4.98 Å². The normalized spacial score (nSPS) is 11.1. The van der Waals surface area contributed by atoms with Gasteiger partial charge in [-0.2, -0.15) is 0 Å². The van der Waals surface area contributed by atoms with Gasteiger partial charge >= 0.3 is 0 Å². The van der Waals surface area contributed by atoms with Gasteiger partial charge in [0.1, 0.15) is 0 Å². The van der Waals surface area contributed by atoms with Crippen LogP contribution in [0.2, 0.25) is 0 Å². The molecule has 0 atom stereocenters. The number of nitrogens with zero attached hydrogens (tertiary/aromatic N) is 2. The topological polar surface area (TPSA) is 25.8 Å². The fourth-order valence-corrected chi connectivity index (χ4v) is 3.11. The van der Waals surface area contributed by atoms with Crippen molar-refractivity contribution in [2.75, 3.05) is 0 Å². The fraction of sp³-hybridized carbons (Fsp3) is 0. The molecule has 0 aliphatic heterocycles. The molecule has 2 heterocycles. The van der Waals surface area contributed by atoms with Crippen molar-refractivity contribution in [3.63, 3.8) is 0 Å². The van der Waals surface area contributed by atoms with Crippen molar-refractivity contribution in [3.05, 3.63) is 71.3 Å². The van der Waals surface area contributed by atoms with E-state index in [-0.39, 0.29) is 0 Å². The van der Waals surface area contributed by atoms with Gasteiger partial charge in [-0.05, 0) is 24.3 Å². The van der Waals surface area contributed by atoms with Crippen molar-refractivity contribution in [2.24, 2.45) is 0 Å². The summed E-state index contributed by atoms with van der Waals surface area (Å²) in [4.78, 5) is 9.34. The number of aromatic nitrogens is 2. The smallest absolute Gasteiger partial charge is 0.0983 e. The standard InChI is InChI=1S/C18H11BrN2/c19-15-11-13-7-4-10-20-17(13)18-14(15)8-9-16(21-18)12-5-2-1-3-6-12/h1-11H. The second-order valence-corrected chi connectivity index (χ2v) is 5.75. The summed E-state index contributed by atoms with van der Waals surface area (Å²) in [6.07, 6.45) is 1.81. The van der Waals surface area contributed by atoms with E-state index < -0.39 is 0 Å². The second kappa shape index (κ2) is 4.93. The maximum atomic E-state index is 4.84.